The Morgan fingerprint density at radius 1 is 1.08 bits per heavy atom. The molecule has 0 aromatic rings. The van der Waals surface area contributed by atoms with E-state index in [0.29, 0.717) is 6.42 Å². The molecule has 0 heterocycles. The molecule has 0 saturated heterocycles. The highest BCUT2D eigenvalue weighted by Crippen LogP contribution is 1.86. The van der Waals surface area contributed by atoms with Crippen LogP contribution in [0.1, 0.15) is 26.7 Å². The molecule has 0 bridgehead atoms. The lowest BCUT2D eigenvalue weighted by Crippen LogP contribution is -1.85. The van der Waals surface area contributed by atoms with Gasteiger partial charge in [0.15, 0.2) is 5.78 Å². The lowest BCUT2D eigenvalue weighted by Gasteiger charge is -1.80. The summed E-state index contributed by atoms with van der Waals surface area (Å²) in [5.41, 5.74) is 0. The Kier molecular flexibility index (Phi) is 7.25. The predicted octanol–water partition coefficient (Wildman–Crippen LogP) is 3.04. The Labute approximate surface area is 74.5 Å². The van der Waals surface area contributed by atoms with Gasteiger partial charge in [-0.1, -0.05) is 44.2 Å². The number of hydrogen-bond acceptors (Lipinski definition) is 1. The molecule has 0 aromatic heterocycles. The van der Waals surface area contributed by atoms with Gasteiger partial charge in [0.05, 0.1) is 0 Å². The topological polar surface area (TPSA) is 17.1 Å². The van der Waals surface area contributed by atoms with Crippen LogP contribution < -0.4 is 0 Å². The number of hydrogen-bond donors (Lipinski definition) is 0. The van der Waals surface area contributed by atoms with Crippen molar-refractivity contribution >= 4 is 5.78 Å². The second-order valence-corrected chi connectivity index (χ2v) is 2.40. The summed E-state index contributed by atoms with van der Waals surface area (Å²) in [4.78, 5) is 10.8. The molecule has 0 N–H and O–H groups in total. The molecule has 0 aliphatic rings. The van der Waals surface area contributed by atoms with E-state index in [-0.39, 0.29) is 5.78 Å². The highest BCUT2D eigenvalue weighted by atomic mass is 16.1. The third-order valence-corrected chi connectivity index (χ3v) is 1.34. The quantitative estimate of drug-likeness (QED) is 0.451. The smallest absolute Gasteiger partial charge is 0.155 e. The molecule has 0 fully saturated rings. The predicted molar refractivity (Wildman–Crippen MR) is 53.0 cm³/mol. The summed E-state index contributed by atoms with van der Waals surface area (Å²) in [5, 5.41) is 0. The van der Waals surface area contributed by atoms with Gasteiger partial charge < -0.3 is 0 Å². The number of carbonyl (C=O) groups is 1. The van der Waals surface area contributed by atoms with E-state index in [1.807, 2.05) is 25.2 Å². The first-order chi connectivity index (χ1) is 5.81. The first kappa shape index (κ1) is 10.9. The normalized spacial score (nSPS) is 12.2. The van der Waals surface area contributed by atoms with E-state index < -0.39 is 0 Å². The van der Waals surface area contributed by atoms with Crippen LogP contribution >= 0.6 is 0 Å². The maximum Gasteiger partial charge on any atom is 0.155 e. The van der Waals surface area contributed by atoms with E-state index in [1.54, 1.807) is 12.2 Å². The van der Waals surface area contributed by atoms with Gasteiger partial charge in [0.2, 0.25) is 0 Å². The molecule has 66 valence electrons. The van der Waals surface area contributed by atoms with Gasteiger partial charge in [-0.05, 0) is 12.5 Å². The van der Waals surface area contributed by atoms with E-state index in [0.717, 1.165) is 6.42 Å². The van der Waals surface area contributed by atoms with Gasteiger partial charge in [0.1, 0.15) is 0 Å². The van der Waals surface area contributed by atoms with Crippen molar-refractivity contribution in [2.75, 3.05) is 0 Å². The van der Waals surface area contributed by atoms with Crippen molar-refractivity contribution in [1.29, 1.82) is 0 Å². The highest BCUT2D eigenvalue weighted by Gasteiger charge is 1.85. The average molecular weight is 164 g/mol. The first-order valence-electron chi connectivity index (χ1n) is 4.34. The van der Waals surface area contributed by atoms with Gasteiger partial charge in [-0.2, -0.15) is 0 Å². The van der Waals surface area contributed by atoms with Crippen molar-refractivity contribution in [3.8, 4) is 0 Å². The molecule has 0 rings (SSSR count). The fraction of sp³-hybridized carbons (Fsp3) is 0.364. The number of carbonyl (C=O) groups excluding carboxylic acids is 1. The third kappa shape index (κ3) is 7.00. The molecule has 0 radical (unpaired) electrons. The Balaban J connectivity index is 3.66. The molecule has 0 unspecified atom stereocenters. The Bertz CT molecular complexity index is 197. The summed E-state index contributed by atoms with van der Waals surface area (Å²) in [7, 11) is 0. The molecule has 0 saturated carbocycles. The van der Waals surface area contributed by atoms with E-state index in [9.17, 15) is 4.79 Å². The van der Waals surface area contributed by atoms with Crippen molar-refractivity contribution in [3.05, 3.63) is 36.5 Å². The summed E-state index contributed by atoms with van der Waals surface area (Å²) in [6, 6.07) is 0. The van der Waals surface area contributed by atoms with Crippen LogP contribution in [0.4, 0.5) is 0 Å². The van der Waals surface area contributed by atoms with Gasteiger partial charge in [0, 0.05) is 6.42 Å². The zero-order valence-electron chi connectivity index (χ0n) is 7.79. The first-order valence-corrected chi connectivity index (χ1v) is 4.34. The number of ketones is 1. The van der Waals surface area contributed by atoms with Crippen molar-refractivity contribution in [2.24, 2.45) is 0 Å². The SMILES string of the molecule is CCC=CC=CC=CC(=O)CC. The number of rotatable bonds is 5. The largest absolute Gasteiger partial charge is 0.295 e. The molecule has 0 spiro atoms. The van der Waals surface area contributed by atoms with Gasteiger partial charge >= 0.3 is 0 Å². The summed E-state index contributed by atoms with van der Waals surface area (Å²) in [5.74, 6) is 0.166. The molecule has 1 heteroatoms. The van der Waals surface area contributed by atoms with Crippen molar-refractivity contribution in [2.45, 2.75) is 26.7 Å². The molecule has 0 aliphatic carbocycles. The Morgan fingerprint density at radius 2 is 1.75 bits per heavy atom. The molecular weight excluding hydrogens is 148 g/mol. The fourth-order valence-corrected chi connectivity index (χ4v) is 0.624. The summed E-state index contributed by atoms with van der Waals surface area (Å²) >= 11 is 0. The molecule has 1 nitrogen and oxygen atoms in total. The van der Waals surface area contributed by atoms with Crippen LogP contribution in [0.3, 0.4) is 0 Å². The molecule has 0 aliphatic heterocycles. The van der Waals surface area contributed by atoms with Crippen LogP contribution in [0, 0.1) is 0 Å². The fourth-order valence-electron chi connectivity index (χ4n) is 0.624. The molecule has 12 heavy (non-hydrogen) atoms. The average Bonchev–Trinajstić information content (AvgIpc) is 2.10. The van der Waals surface area contributed by atoms with E-state index in [4.69, 9.17) is 0 Å². The minimum Gasteiger partial charge on any atom is -0.295 e. The Morgan fingerprint density at radius 3 is 2.33 bits per heavy atom. The molecule has 0 atom stereocenters. The monoisotopic (exact) mass is 164 g/mol. The lowest BCUT2D eigenvalue weighted by atomic mass is 10.3. The highest BCUT2D eigenvalue weighted by molar-refractivity contribution is 5.89. The van der Waals surface area contributed by atoms with E-state index >= 15 is 0 Å². The minimum absolute atomic E-state index is 0.166. The molecule has 0 amide bonds. The van der Waals surface area contributed by atoms with Crippen LogP contribution in [-0.2, 0) is 4.79 Å². The van der Waals surface area contributed by atoms with Gasteiger partial charge in [0.25, 0.3) is 0 Å². The van der Waals surface area contributed by atoms with Crippen LogP contribution in [0.25, 0.3) is 0 Å². The minimum atomic E-state index is 0.166. The number of allylic oxidation sites excluding steroid dienone is 6. The zero-order valence-corrected chi connectivity index (χ0v) is 7.79. The standard InChI is InChI=1S/C11H16O/c1-3-5-6-7-8-9-10-11(12)4-2/h5-10H,3-4H2,1-2H3. The van der Waals surface area contributed by atoms with E-state index in [1.165, 1.54) is 0 Å². The van der Waals surface area contributed by atoms with Crippen LogP contribution in [0.5, 0.6) is 0 Å². The van der Waals surface area contributed by atoms with E-state index in [2.05, 4.69) is 13.0 Å². The summed E-state index contributed by atoms with van der Waals surface area (Å²) < 4.78 is 0. The van der Waals surface area contributed by atoms with Crippen LogP contribution in [-0.4, -0.2) is 5.78 Å². The second-order valence-electron chi connectivity index (χ2n) is 2.40. The van der Waals surface area contributed by atoms with Gasteiger partial charge in [-0.15, -0.1) is 0 Å². The second kappa shape index (κ2) is 7.99. The maximum absolute atomic E-state index is 10.8. The Hall–Kier alpha value is -1.11. The lowest BCUT2D eigenvalue weighted by molar-refractivity contribution is -0.114. The van der Waals surface area contributed by atoms with Gasteiger partial charge in [-0.3, -0.25) is 4.79 Å². The van der Waals surface area contributed by atoms with Crippen molar-refractivity contribution in [3.63, 3.8) is 0 Å². The molecular formula is C11H16O. The van der Waals surface area contributed by atoms with Gasteiger partial charge in [-0.25, -0.2) is 0 Å². The zero-order chi connectivity index (χ0) is 9.23. The van der Waals surface area contributed by atoms with Crippen LogP contribution in [0.2, 0.25) is 0 Å². The molecule has 0 aromatic carbocycles. The van der Waals surface area contributed by atoms with Crippen LogP contribution in [0.15, 0.2) is 36.5 Å². The van der Waals surface area contributed by atoms with Crippen molar-refractivity contribution < 1.29 is 4.79 Å². The van der Waals surface area contributed by atoms with Crippen molar-refractivity contribution in [1.82, 2.24) is 0 Å². The maximum atomic E-state index is 10.8. The summed E-state index contributed by atoms with van der Waals surface area (Å²) in [6.07, 6.45) is 12.8. The summed E-state index contributed by atoms with van der Waals surface area (Å²) in [6.45, 7) is 3.94. The third-order valence-electron chi connectivity index (χ3n) is 1.34.